The monoisotopic (exact) mass is 291 g/mol. The number of terminal acetylenes is 1. The molecular formula is C14H21N5S. The number of anilines is 1. The van der Waals surface area contributed by atoms with Gasteiger partial charge in [-0.2, -0.15) is 11.8 Å². The Morgan fingerprint density at radius 3 is 3.10 bits per heavy atom. The Balaban J connectivity index is 1.67. The van der Waals surface area contributed by atoms with Crippen LogP contribution in [0.5, 0.6) is 0 Å². The molecule has 0 aromatic carbocycles. The number of tetrazole rings is 1. The van der Waals surface area contributed by atoms with Gasteiger partial charge < -0.3 is 4.90 Å². The van der Waals surface area contributed by atoms with Crippen molar-refractivity contribution in [3.63, 3.8) is 0 Å². The van der Waals surface area contributed by atoms with E-state index < -0.39 is 0 Å². The fourth-order valence-electron chi connectivity index (χ4n) is 3.11. The molecule has 0 N–H and O–H groups in total. The largest absolute Gasteiger partial charge is 0.339 e. The fraction of sp³-hybridized carbons (Fsp3) is 0.786. The first-order valence-electron chi connectivity index (χ1n) is 7.43. The molecule has 20 heavy (non-hydrogen) atoms. The number of nitrogens with zero attached hydrogens (tertiary/aromatic N) is 5. The molecule has 2 aliphatic heterocycles. The van der Waals surface area contributed by atoms with Gasteiger partial charge in [-0.25, -0.2) is 4.68 Å². The second-order valence-corrected chi connectivity index (χ2v) is 7.07. The lowest BCUT2D eigenvalue weighted by molar-refractivity contribution is 0.412. The molecule has 2 unspecified atom stereocenters. The minimum absolute atomic E-state index is 0.583. The third-order valence-electron chi connectivity index (χ3n) is 4.12. The highest BCUT2D eigenvalue weighted by atomic mass is 32.2. The predicted molar refractivity (Wildman–Crippen MR) is 81.7 cm³/mol. The third-order valence-corrected chi connectivity index (χ3v) is 5.50. The van der Waals surface area contributed by atoms with Gasteiger partial charge in [0.05, 0.1) is 6.54 Å². The maximum Gasteiger partial charge on any atom is 0.245 e. The van der Waals surface area contributed by atoms with E-state index >= 15 is 0 Å². The number of hydrogen-bond donors (Lipinski definition) is 0. The molecule has 2 saturated heterocycles. The zero-order valence-corrected chi connectivity index (χ0v) is 12.6. The van der Waals surface area contributed by atoms with E-state index in [1.165, 1.54) is 31.4 Å². The highest BCUT2D eigenvalue weighted by Crippen LogP contribution is 2.29. The van der Waals surface area contributed by atoms with Gasteiger partial charge in [0, 0.05) is 24.8 Å². The molecule has 0 saturated carbocycles. The van der Waals surface area contributed by atoms with Gasteiger partial charge >= 0.3 is 0 Å². The van der Waals surface area contributed by atoms with Gasteiger partial charge in [0.25, 0.3) is 0 Å². The molecule has 5 nitrogen and oxygen atoms in total. The van der Waals surface area contributed by atoms with Gasteiger partial charge in [0.15, 0.2) is 0 Å². The molecule has 3 heterocycles. The van der Waals surface area contributed by atoms with E-state index in [0.717, 1.165) is 32.0 Å². The zero-order chi connectivity index (χ0) is 13.8. The van der Waals surface area contributed by atoms with Crippen molar-refractivity contribution in [2.24, 2.45) is 5.92 Å². The lowest BCUT2D eigenvalue weighted by Gasteiger charge is -2.32. The van der Waals surface area contributed by atoms with Gasteiger partial charge in [0.2, 0.25) is 5.95 Å². The summed E-state index contributed by atoms with van der Waals surface area (Å²) in [5.41, 5.74) is 0. The topological polar surface area (TPSA) is 46.8 Å². The Labute approximate surface area is 124 Å². The van der Waals surface area contributed by atoms with E-state index in [1.54, 1.807) is 0 Å². The van der Waals surface area contributed by atoms with Crippen LogP contribution in [-0.4, -0.2) is 44.3 Å². The summed E-state index contributed by atoms with van der Waals surface area (Å²) in [6.07, 6.45) is 11.3. The highest BCUT2D eigenvalue weighted by molar-refractivity contribution is 8.00. The van der Waals surface area contributed by atoms with Gasteiger partial charge in [0.1, 0.15) is 0 Å². The molecule has 2 aliphatic rings. The van der Waals surface area contributed by atoms with Crippen molar-refractivity contribution in [2.75, 3.05) is 23.7 Å². The molecule has 2 atom stereocenters. The molecule has 1 aromatic rings. The summed E-state index contributed by atoms with van der Waals surface area (Å²) in [6, 6.07) is 0. The Hall–Kier alpha value is -1.22. The third kappa shape index (κ3) is 3.09. The van der Waals surface area contributed by atoms with Crippen LogP contribution < -0.4 is 4.90 Å². The van der Waals surface area contributed by atoms with Gasteiger partial charge in [-0.3, -0.25) is 0 Å². The molecule has 0 amide bonds. The smallest absolute Gasteiger partial charge is 0.245 e. The standard InChI is InChI=1S/C14H21N5S/c1-2-5-12-6-3-8-18(10-12)14-15-16-17-19(14)11-13-7-4-9-20-13/h1,12-13H,3-11H2. The Morgan fingerprint density at radius 1 is 1.35 bits per heavy atom. The maximum atomic E-state index is 5.45. The first kappa shape index (κ1) is 13.7. The van der Waals surface area contributed by atoms with Crippen molar-refractivity contribution in [3.8, 4) is 12.3 Å². The summed E-state index contributed by atoms with van der Waals surface area (Å²) < 4.78 is 1.99. The number of thioether (sulfide) groups is 1. The van der Waals surface area contributed by atoms with Crippen LogP contribution in [-0.2, 0) is 6.54 Å². The molecule has 0 spiro atoms. The van der Waals surface area contributed by atoms with Crippen LogP contribution >= 0.6 is 11.8 Å². The van der Waals surface area contributed by atoms with E-state index in [-0.39, 0.29) is 0 Å². The Morgan fingerprint density at radius 2 is 2.30 bits per heavy atom. The highest BCUT2D eigenvalue weighted by Gasteiger charge is 2.25. The SMILES string of the molecule is C#CCC1CCCN(c2nnnn2CC2CCCS2)C1. The number of hydrogen-bond acceptors (Lipinski definition) is 5. The van der Waals surface area contributed by atoms with Crippen molar-refractivity contribution in [2.45, 2.75) is 43.9 Å². The van der Waals surface area contributed by atoms with Crippen LogP contribution in [0.2, 0.25) is 0 Å². The van der Waals surface area contributed by atoms with E-state index in [0.29, 0.717) is 11.2 Å². The maximum absolute atomic E-state index is 5.45. The van der Waals surface area contributed by atoms with Gasteiger partial charge in [-0.1, -0.05) is 5.10 Å². The molecule has 2 fully saturated rings. The Bertz CT molecular complexity index is 474. The summed E-state index contributed by atoms with van der Waals surface area (Å²) in [5.74, 6) is 5.57. The van der Waals surface area contributed by atoms with Crippen LogP contribution in [0.25, 0.3) is 0 Å². The van der Waals surface area contributed by atoms with Crippen LogP contribution in [0, 0.1) is 18.3 Å². The van der Waals surface area contributed by atoms with Gasteiger partial charge in [-0.05, 0) is 47.8 Å². The summed E-state index contributed by atoms with van der Waals surface area (Å²) >= 11 is 2.04. The van der Waals surface area contributed by atoms with E-state index in [4.69, 9.17) is 6.42 Å². The minimum Gasteiger partial charge on any atom is -0.339 e. The van der Waals surface area contributed by atoms with Crippen molar-refractivity contribution < 1.29 is 0 Å². The van der Waals surface area contributed by atoms with Crippen LogP contribution in [0.4, 0.5) is 5.95 Å². The summed E-state index contributed by atoms with van der Waals surface area (Å²) in [7, 11) is 0. The number of piperidine rings is 1. The average Bonchev–Trinajstić information content (AvgIpc) is 3.12. The molecular weight excluding hydrogens is 270 g/mol. The van der Waals surface area contributed by atoms with Crippen LogP contribution in [0.1, 0.15) is 32.1 Å². The van der Waals surface area contributed by atoms with E-state index in [9.17, 15) is 0 Å². The molecule has 3 rings (SSSR count). The van der Waals surface area contributed by atoms with E-state index in [2.05, 4.69) is 26.3 Å². The zero-order valence-electron chi connectivity index (χ0n) is 11.7. The first-order chi connectivity index (χ1) is 9.86. The molecule has 0 aliphatic carbocycles. The Kier molecular flexibility index (Phi) is 4.46. The number of rotatable bonds is 4. The number of aromatic nitrogens is 4. The van der Waals surface area contributed by atoms with Crippen molar-refractivity contribution in [1.82, 2.24) is 20.2 Å². The van der Waals surface area contributed by atoms with Crippen molar-refractivity contribution in [3.05, 3.63) is 0 Å². The van der Waals surface area contributed by atoms with Crippen LogP contribution in [0.3, 0.4) is 0 Å². The molecule has 6 heteroatoms. The summed E-state index contributed by atoms with van der Waals surface area (Å²) in [5, 5.41) is 13.0. The van der Waals surface area contributed by atoms with Gasteiger partial charge in [-0.15, -0.1) is 12.3 Å². The second kappa shape index (κ2) is 6.49. The second-order valence-electron chi connectivity index (χ2n) is 5.66. The van der Waals surface area contributed by atoms with Crippen LogP contribution in [0.15, 0.2) is 0 Å². The van der Waals surface area contributed by atoms with Crippen molar-refractivity contribution in [1.29, 1.82) is 0 Å². The van der Waals surface area contributed by atoms with Crippen molar-refractivity contribution >= 4 is 17.7 Å². The summed E-state index contributed by atoms with van der Waals surface area (Å²) in [6.45, 7) is 2.96. The van der Waals surface area contributed by atoms with E-state index in [1.807, 2.05) is 16.4 Å². The molecule has 0 bridgehead atoms. The summed E-state index contributed by atoms with van der Waals surface area (Å²) in [4.78, 5) is 2.31. The predicted octanol–water partition coefficient (Wildman–Crippen LogP) is 1.81. The fourth-order valence-corrected chi connectivity index (χ4v) is 4.35. The average molecular weight is 291 g/mol. The lowest BCUT2D eigenvalue weighted by atomic mass is 9.95. The quantitative estimate of drug-likeness (QED) is 0.792. The minimum atomic E-state index is 0.583. The molecule has 0 radical (unpaired) electrons. The normalized spacial score (nSPS) is 26.6. The lowest BCUT2D eigenvalue weighted by Crippen LogP contribution is -2.37. The first-order valence-corrected chi connectivity index (χ1v) is 8.48. The molecule has 1 aromatic heterocycles. The molecule has 108 valence electrons.